The van der Waals surface area contributed by atoms with Crippen LogP contribution in [0.4, 0.5) is 5.69 Å². The standard InChI is InChI=1S/C24H27N5O2S/c30-22(17-19-18-32-24(27-19)21-9-4-5-11-25-21)26-12-6-10-23(31)29-15-13-28(14-16-29)20-7-2-1-3-8-20/h1-5,7-9,11,18H,6,10,12-17H2,(H,26,30). The van der Waals surface area contributed by atoms with Gasteiger partial charge in [0.05, 0.1) is 17.8 Å². The third kappa shape index (κ3) is 5.91. The van der Waals surface area contributed by atoms with E-state index in [1.807, 2.05) is 46.7 Å². The van der Waals surface area contributed by atoms with E-state index in [9.17, 15) is 9.59 Å². The number of hydrogen-bond donors (Lipinski definition) is 1. The molecule has 3 aromatic rings. The number of aromatic nitrogens is 2. The lowest BCUT2D eigenvalue weighted by atomic mass is 10.2. The Labute approximate surface area is 192 Å². The van der Waals surface area contributed by atoms with Gasteiger partial charge in [0.15, 0.2) is 0 Å². The van der Waals surface area contributed by atoms with Crippen LogP contribution in [0.2, 0.25) is 0 Å². The quantitative estimate of drug-likeness (QED) is 0.535. The smallest absolute Gasteiger partial charge is 0.226 e. The van der Waals surface area contributed by atoms with Gasteiger partial charge in [0, 0.05) is 56.4 Å². The molecule has 1 aliphatic rings. The predicted molar refractivity (Wildman–Crippen MR) is 127 cm³/mol. The average Bonchev–Trinajstić information content (AvgIpc) is 3.31. The molecule has 0 unspecified atom stereocenters. The van der Waals surface area contributed by atoms with Gasteiger partial charge in [-0.2, -0.15) is 0 Å². The molecule has 8 heteroatoms. The molecule has 0 spiro atoms. The van der Waals surface area contributed by atoms with Gasteiger partial charge < -0.3 is 15.1 Å². The summed E-state index contributed by atoms with van der Waals surface area (Å²) in [5, 5.41) is 5.60. The Balaban J connectivity index is 1.13. The minimum absolute atomic E-state index is 0.0770. The first kappa shape index (κ1) is 22.0. The zero-order chi connectivity index (χ0) is 22.2. The van der Waals surface area contributed by atoms with Crippen molar-refractivity contribution in [3.8, 4) is 10.7 Å². The number of rotatable bonds is 8. The number of amides is 2. The second kappa shape index (κ2) is 10.9. The first-order chi connectivity index (χ1) is 15.7. The molecule has 0 saturated carbocycles. The highest BCUT2D eigenvalue weighted by molar-refractivity contribution is 7.13. The monoisotopic (exact) mass is 449 g/mol. The summed E-state index contributed by atoms with van der Waals surface area (Å²) < 4.78 is 0. The molecule has 0 atom stereocenters. The molecule has 3 heterocycles. The molecule has 166 valence electrons. The van der Waals surface area contributed by atoms with Crippen molar-refractivity contribution in [1.82, 2.24) is 20.2 Å². The van der Waals surface area contributed by atoms with Gasteiger partial charge in [-0.15, -0.1) is 11.3 Å². The molecule has 1 N–H and O–H groups in total. The van der Waals surface area contributed by atoms with Crippen LogP contribution >= 0.6 is 11.3 Å². The van der Waals surface area contributed by atoms with Crippen LogP contribution in [0.1, 0.15) is 18.5 Å². The topological polar surface area (TPSA) is 78.4 Å². The Hall–Kier alpha value is -3.26. The fraction of sp³-hybridized carbons (Fsp3) is 0.333. The van der Waals surface area contributed by atoms with Gasteiger partial charge in [-0.3, -0.25) is 14.6 Å². The van der Waals surface area contributed by atoms with Gasteiger partial charge >= 0.3 is 0 Å². The summed E-state index contributed by atoms with van der Waals surface area (Å²) in [5.74, 6) is 0.0817. The second-order valence-corrected chi connectivity index (χ2v) is 8.55. The number of thiazole rings is 1. The summed E-state index contributed by atoms with van der Waals surface area (Å²) >= 11 is 1.48. The number of carbonyl (C=O) groups excluding carboxylic acids is 2. The second-order valence-electron chi connectivity index (χ2n) is 7.69. The maximum Gasteiger partial charge on any atom is 0.226 e. The molecular weight excluding hydrogens is 422 g/mol. The number of carbonyl (C=O) groups is 2. The van der Waals surface area contributed by atoms with Gasteiger partial charge in [-0.25, -0.2) is 4.98 Å². The number of para-hydroxylation sites is 1. The van der Waals surface area contributed by atoms with Crippen LogP contribution in [0.5, 0.6) is 0 Å². The fourth-order valence-corrected chi connectivity index (χ4v) is 4.50. The van der Waals surface area contributed by atoms with E-state index < -0.39 is 0 Å². The number of nitrogens with one attached hydrogen (secondary N) is 1. The normalized spacial score (nSPS) is 13.8. The molecule has 4 rings (SSSR count). The van der Waals surface area contributed by atoms with Crippen molar-refractivity contribution < 1.29 is 9.59 Å². The fourth-order valence-electron chi connectivity index (χ4n) is 3.70. The van der Waals surface area contributed by atoms with Gasteiger partial charge in [0.2, 0.25) is 11.8 Å². The van der Waals surface area contributed by atoms with Gasteiger partial charge in [0.1, 0.15) is 5.01 Å². The van der Waals surface area contributed by atoms with Crippen LogP contribution in [-0.4, -0.2) is 59.4 Å². The number of piperazine rings is 1. The summed E-state index contributed by atoms with van der Waals surface area (Å²) in [6, 6.07) is 16.0. The van der Waals surface area contributed by atoms with Crippen molar-refractivity contribution in [1.29, 1.82) is 0 Å². The highest BCUT2D eigenvalue weighted by atomic mass is 32.1. The van der Waals surface area contributed by atoms with Crippen molar-refractivity contribution in [2.45, 2.75) is 19.3 Å². The van der Waals surface area contributed by atoms with Crippen molar-refractivity contribution >= 4 is 28.8 Å². The third-order valence-corrected chi connectivity index (χ3v) is 6.33. The first-order valence-electron chi connectivity index (χ1n) is 10.9. The van der Waals surface area contributed by atoms with E-state index in [0.717, 1.165) is 42.6 Å². The van der Waals surface area contributed by atoms with E-state index in [0.29, 0.717) is 19.4 Å². The van der Waals surface area contributed by atoms with Crippen molar-refractivity contribution in [3.63, 3.8) is 0 Å². The Morgan fingerprint density at radius 1 is 1.00 bits per heavy atom. The summed E-state index contributed by atoms with van der Waals surface area (Å²) in [4.78, 5) is 37.7. The Kier molecular flexibility index (Phi) is 7.45. The van der Waals surface area contributed by atoms with Crippen LogP contribution in [-0.2, 0) is 16.0 Å². The van der Waals surface area contributed by atoms with Gasteiger partial charge in [-0.1, -0.05) is 24.3 Å². The Morgan fingerprint density at radius 2 is 1.78 bits per heavy atom. The number of hydrogen-bond acceptors (Lipinski definition) is 6. The van der Waals surface area contributed by atoms with Crippen LogP contribution in [0.25, 0.3) is 10.7 Å². The molecule has 0 bridgehead atoms. The lowest BCUT2D eigenvalue weighted by Gasteiger charge is -2.36. The number of nitrogens with zero attached hydrogens (tertiary/aromatic N) is 4. The van der Waals surface area contributed by atoms with Crippen molar-refractivity contribution in [2.24, 2.45) is 0 Å². The molecule has 2 amide bonds. The summed E-state index contributed by atoms with van der Waals surface area (Å²) in [6.07, 6.45) is 3.05. The van der Waals surface area contributed by atoms with Crippen molar-refractivity contribution in [2.75, 3.05) is 37.6 Å². The Bertz CT molecular complexity index is 1020. The average molecular weight is 450 g/mol. The summed E-state index contributed by atoms with van der Waals surface area (Å²) in [6.45, 7) is 3.66. The van der Waals surface area contributed by atoms with Crippen LogP contribution in [0, 0.1) is 0 Å². The number of pyridine rings is 1. The number of anilines is 1. The highest BCUT2D eigenvalue weighted by Gasteiger charge is 2.20. The number of benzene rings is 1. The molecule has 0 radical (unpaired) electrons. The van der Waals surface area contributed by atoms with E-state index in [4.69, 9.17) is 0 Å². The first-order valence-corrected chi connectivity index (χ1v) is 11.8. The maximum atomic E-state index is 12.5. The predicted octanol–water partition coefficient (Wildman–Crippen LogP) is 2.99. The highest BCUT2D eigenvalue weighted by Crippen LogP contribution is 2.21. The summed E-state index contributed by atoms with van der Waals surface area (Å²) in [7, 11) is 0. The lowest BCUT2D eigenvalue weighted by Crippen LogP contribution is -2.48. The zero-order valence-electron chi connectivity index (χ0n) is 17.9. The minimum Gasteiger partial charge on any atom is -0.368 e. The maximum absolute atomic E-state index is 12.5. The molecule has 1 aliphatic heterocycles. The molecule has 2 aromatic heterocycles. The molecular formula is C24H27N5O2S. The van der Waals surface area contributed by atoms with Crippen LogP contribution < -0.4 is 10.2 Å². The van der Waals surface area contributed by atoms with Crippen molar-refractivity contribution in [3.05, 3.63) is 65.8 Å². The van der Waals surface area contributed by atoms with E-state index in [-0.39, 0.29) is 18.2 Å². The van der Waals surface area contributed by atoms with E-state index in [1.54, 1.807) is 6.20 Å². The molecule has 1 aromatic carbocycles. The molecule has 32 heavy (non-hydrogen) atoms. The SMILES string of the molecule is O=C(Cc1csc(-c2ccccn2)n1)NCCCC(=O)N1CCN(c2ccccc2)CC1. The molecule has 0 aliphatic carbocycles. The molecule has 1 fully saturated rings. The zero-order valence-corrected chi connectivity index (χ0v) is 18.8. The minimum atomic E-state index is -0.0770. The summed E-state index contributed by atoms with van der Waals surface area (Å²) in [5.41, 5.74) is 2.75. The molecule has 1 saturated heterocycles. The van der Waals surface area contributed by atoms with E-state index >= 15 is 0 Å². The third-order valence-electron chi connectivity index (χ3n) is 5.42. The van der Waals surface area contributed by atoms with Gasteiger partial charge in [0.25, 0.3) is 0 Å². The van der Waals surface area contributed by atoms with Crippen LogP contribution in [0.15, 0.2) is 60.1 Å². The van der Waals surface area contributed by atoms with E-state index in [2.05, 4.69) is 32.3 Å². The van der Waals surface area contributed by atoms with Gasteiger partial charge in [-0.05, 0) is 30.7 Å². The largest absolute Gasteiger partial charge is 0.368 e. The lowest BCUT2D eigenvalue weighted by molar-refractivity contribution is -0.131. The molecule has 7 nitrogen and oxygen atoms in total. The van der Waals surface area contributed by atoms with E-state index in [1.165, 1.54) is 17.0 Å². The van der Waals surface area contributed by atoms with Crippen LogP contribution in [0.3, 0.4) is 0 Å². The Morgan fingerprint density at radius 3 is 2.53 bits per heavy atom.